The molecule has 0 aliphatic rings. The molecule has 0 aromatic heterocycles. The van der Waals surface area contributed by atoms with Gasteiger partial charge in [-0.1, -0.05) is 13.8 Å². The summed E-state index contributed by atoms with van der Waals surface area (Å²) in [6, 6.07) is 4.70. The molecule has 1 aromatic rings. The third-order valence-electron chi connectivity index (χ3n) is 3.27. The van der Waals surface area contributed by atoms with E-state index in [1.807, 2.05) is 13.8 Å². The molecule has 0 saturated heterocycles. The molecule has 1 aromatic carbocycles. The first-order chi connectivity index (χ1) is 9.98. The zero-order valence-electron chi connectivity index (χ0n) is 13.5. The standard InChI is InChI=1S/C14H24N2O4S.ClH/c1-5-16(6-2)10-9-15-21(17,18)14-11-12(19-3)7-8-13(14)20-4;/h7-8,11,15H,5-6,9-10H2,1-4H3;1H. The summed E-state index contributed by atoms with van der Waals surface area (Å²) >= 11 is 0. The summed E-state index contributed by atoms with van der Waals surface area (Å²) in [6.45, 7) is 6.89. The summed E-state index contributed by atoms with van der Waals surface area (Å²) in [7, 11) is -0.696. The van der Waals surface area contributed by atoms with Crippen molar-refractivity contribution in [2.75, 3.05) is 40.4 Å². The second kappa shape index (κ2) is 9.89. The molecular weight excluding hydrogens is 328 g/mol. The van der Waals surface area contributed by atoms with Crippen molar-refractivity contribution in [1.29, 1.82) is 0 Å². The van der Waals surface area contributed by atoms with Crippen molar-refractivity contribution in [2.24, 2.45) is 0 Å². The van der Waals surface area contributed by atoms with Gasteiger partial charge in [0.2, 0.25) is 10.0 Å². The topological polar surface area (TPSA) is 67.9 Å². The lowest BCUT2D eigenvalue weighted by Crippen LogP contribution is -2.34. The summed E-state index contributed by atoms with van der Waals surface area (Å²) in [5, 5.41) is 0. The van der Waals surface area contributed by atoms with Crippen LogP contribution in [0.3, 0.4) is 0 Å². The van der Waals surface area contributed by atoms with Crippen molar-refractivity contribution in [3.8, 4) is 11.5 Å². The Kier molecular flexibility index (Phi) is 9.43. The molecule has 0 bridgehead atoms. The maximum absolute atomic E-state index is 12.4. The fourth-order valence-corrected chi connectivity index (χ4v) is 3.15. The van der Waals surface area contributed by atoms with E-state index in [0.29, 0.717) is 24.6 Å². The lowest BCUT2D eigenvalue weighted by atomic mass is 10.3. The number of hydrogen-bond acceptors (Lipinski definition) is 5. The normalized spacial score (nSPS) is 11.1. The van der Waals surface area contributed by atoms with E-state index in [0.717, 1.165) is 13.1 Å². The Morgan fingerprint density at radius 1 is 1.14 bits per heavy atom. The fraction of sp³-hybridized carbons (Fsp3) is 0.571. The quantitative estimate of drug-likeness (QED) is 0.733. The largest absolute Gasteiger partial charge is 0.497 e. The van der Waals surface area contributed by atoms with Crippen molar-refractivity contribution in [2.45, 2.75) is 18.7 Å². The Labute approximate surface area is 139 Å². The van der Waals surface area contributed by atoms with Crippen molar-refractivity contribution >= 4 is 22.4 Å². The maximum Gasteiger partial charge on any atom is 0.244 e. The Morgan fingerprint density at radius 3 is 2.27 bits per heavy atom. The van der Waals surface area contributed by atoms with E-state index >= 15 is 0 Å². The second-order valence-corrected chi connectivity index (χ2v) is 6.18. The molecule has 0 fully saturated rings. The van der Waals surface area contributed by atoms with Gasteiger partial charge in [0.05, 0.1) is 14.2 Å². The van der Waals surface area contributed by atoms with Crippen molar-refractivity contribution < 1.29 is 17.9 Å². The monoisotopic (exact) mass is 352 g/mol. The minimum Gasteiger partial charge on any atom is -0.497 e. The SMILES string of the molecule is CCN(CC)CCNS(=O)(=O)c1cc(OC)ccc1OC.Cl. The number of nitrogens with one attached hydrogen (secondary N) is 1. The minimum atomic E-state index is -3.63. The van der Waals surface area contributed by atoms with Crippen LogP contribution in [-0.4, -0.2) is 53.7 Å². The Bertz CT molecular complexity index is 548. The summed E-state index contributed by atoms with van der Waals surface area (Å²) < 4.78 is 37.5. The highest BCUT2D eigenvalue weighted by molar-refractivity contribution is 7.89. The molecule has 8 heteroatoms. The summed E-state index contributed by atoms with van der Waals surface area (Å²) in [6.07, 6.45) is 0. The number of methoxy groups -OCH3 is 2. The fourth-order valence-electron chi connectivity index (χ4n) is 1.95. The van der Waals surface area contributed by atoms with Crippen LogP contribution in [0.1, 0.15) is 13.8 Å². The number of halogens is 1. The number of benzene rings is 1. The lowest BCUT2D eigenvalue weighted by molar-refractivity contribution is 0.309. The van der Waals surface area contributed by atoms with E-state index in [1.165, 1.54) is 20.3 Å². The van der Waals surface area contributed by atoms with Crippen LogP contribution < -0.4 is 14.2 Å². The molecular formula is C14H25ClN2O4S. The van der Waals surface area contributed by atoms with Gasteiger partial charge in [-0.3, -0.25) is 0 Å². The van der Waals surface area contributed by atoms with Crippen LogP contribution in [0.2, 0.25) is 0 Å². The minimum absolute atomic E-state index is 0. The molecule has 6 nitrogen and oxygen atoms in total. The molecule has 0 aliphatic heterocycles. The van der Waals surface area contributed by atoms with Crippen molar-refractivity contribution in [3.05, 3.63) is 18.2 Å². The average Bonchev–Trinajstić information content (AvgIpc) is 2.50. The van der Waals surface area contributed by atoms with Gasteiger partial charge in [0.25, 0.3) is 0 Å². The summed E-state index contributed by atoms with van der Waals surface area (Å²) in [5.41, 5.74) is 0. The average molecular weight is 353 g/mol. The lowest BCUT2D eigenvalue weighted by Gasteiger charge is -2.18. The number of rotatable bonds is 9. The first kappa shape index (κ1) is 21.0. The van der Waals surface area contributed by atoms with E-state index in [4.69, 9.17) is 9.47 Å². The third kappa shape index (κ3) is 5.64. The first-order valence-electron chi connectivity index (χ1n) is 6.92. The Morgan fingerprint density at radius 2 is 1.77 bits per heavy atom. The van der Waals surface area contributed by atoms with Crippen LogP contribution in [0.4, 0.5) is 0 Å². The molecule has 22 heavy (non-hydrogen) atoms. The zero-order chi connectivity index (χ0) is 15.9. The highest BCUT2D eigenvalue weighted by Gasteiger charge is 2.20. The van der Waals surface area contributed by atoms with Crippen molar-refractivity contribution in [1.82, 2.24) is 9.62 Å². The molecule has 1 rings (SSSR count). The predicted molar refractivity (Wildman–Crippen MR) is 89.8 cm³/mol. The Balaban J connectivity index is 0.00000441. The molecule has 0 aliphatic carbocycles. The number of sulfonamides is 1. The van der Waals surface area contributed by atoms with Gasteiger partial charge in [-0.2, -0.15) is 0 Å². The molecule has 0 atom stereocenters. The second-order valence-electron chi connectivity index (χ2n) is 4.44. The zero-order valence-corrected chi connectivity index (χ0v) is 15.1. The molecule has 0 saturated carbocycles. The molecule has 1 N–H and O–H groups in total. The van der Waals surface area contributed by atoms with Gasteiger partial charge in [0, 0.05) is 19.2 Å². The van der Waals surface area contributed by atoms with Crippen LogP contribution in [0.5, 0.6) is 11.5 Å². The van der Waals surface area contributed by atoms with E-state index < -0.39 is 10.0 Å². The van der Waals surface area contributed by atoms with Gasteiger partial charge >= 0.3 is 0 Å². The summed E-state index contributed by atoms with van der Waals surface area (Å²) in [4.78, 5) is 2.23. The van der Waals surface area contributed by atoms with Crippen molar-refractivity contribution in [3.63, 3.8) is 0 Å². The molecule has 0 heterocycles. The van der Waals surface area contributed by atoms with Gasteiger partial charge < -0.3 is 14.4 Å². The summed E-state index contributed by atoms with van der Waals surface area (Å²) in [5.74, 6) is 0.769. The van der Waals surface area contributed by atoms with E-state index in [-0.39, 0.29) is 17.3 Å². The van der Waals surface area contributed by atoms with Crippen LogP contribution in [0.15, 0.2) is 23.1 Å². The van der Waals surface area contributed by atoms with E-state index in [1.54, 1.807) is 12.1 Å². The highest BCUT2D eigenvalue weighted by atomic mass is 35.5. The van der Waals surface area contributed by atoms with Crippen LogP contribution in [-0.2, 0) is 10.0 Å². The van der Waals surface area contributed by atoms with Crippen LogP contribution in [0, 0.1) is 0 Å². The predicted octanol–water partition coefficient (Wildman–Crippen LogP) is 1.75. The van der Waals surface area contributed by atoms with Gasteiger partial charge in [-0.15, -0.1) is 12.4 Å². The molecule has 0 radical (unpaired) electrons. The van der Waals surface area contributed by atoms with Gasteiger partial charge in [0.1, 0.15) is 16.4 Å². The first-order valence-corrected chi connectivity index (χ1v) is 8.40. The van der Waals surface area contributed by atoms with Gasteiger partial charge in [-0.05, 0) is 25.2 Å². The molecule has 0 unspecified atom stereocenters. The molecule has 128 valence electrons. The Hall–Kier alpha value is -1.02. The maximum atomic E-state index is 12.4. The number of likely N-dealkylation sites (N-methyl/N-ethyl adjacent to an activating group) is 1. The number of ether oxygens (including phenoxy) is 2. The highest BCUT2D eigenvalue weighted by Crippen LogP contribution is 2.27. The van der Waals surface area contributed by atoms with E-state index in [9.17, 15) is 8.42 Å². The number of nitrogens with zero attached hydrogens (tertiary/aromatic N) is 1. The van der Waals surface area contributed by atoms with Gasteiger partial charge in [-0.25, -0.2) is 13.1 Å². The molecule has 0 spiro atoms. The van der Waals surface area contributed by atoms with Crippen LogP contribution >= 0.6 is 12.4 Å². The third-order valence-corrected chi connectivity index (χ3v) is 4.76. The van der Waals surface area contributed by atoms with Gasteiger partial charge in [0.15, 0.2) is 0 Å². The van der Waals surface area contributed by atoms with E-state index in [2.05, 4.69) is 9.62 Å². The smallest absolute Gasteiger partial charge is 0.244 e. The number of hydrogen-bond donors (Lipinski definition) is 1. The van der Waals surface area contributed by atoms with Crippen LogP contribution in [0.25, 0.3) is 0 Å². The molecule has 0 amide bonds.